The zero-order chi connectivity index (χ0) is 10.1. The van der Waals surface area contributed by atoms with Crippen LogP contribution in [0.25, 0.3) is 0 Å². The fraction of sp³-hybridized carbons (Fsp3) is 0.250. The maximum atomic E-state index is 6.37. The van der Waals surface area contributed by atoms with Gasteiger partial charge in [-0.15, -0.1) is 22.2 Å². The molecule has 0 nitrogen and oxygen atoms in total. The van der Waals surface area contributed by atoms with Crippen LogP contribution in [-0.4, -0.2) is 13.1 Å². The van der Waals surface area contributed by atoms with E-state index < -0.39 is 13.1 Å². The first-order valence-corrected chi connectivity index (χ1v) is 13.0. The van der Waals surface area contributed by atoms with Gasteiger partial charge in [-0.3, -0.25) is 0 Å². The van der Waals surface area contributed by atoms with Crippen LogP contribution in [0, 0.1) is 0 Å². The van der Waals surface area contributed by atoms with Gasteiger partial charge in [0.15, 0.2) is 6.90 Å². The zero-order valence-corrected chi connectivity index (χ0v) is 11.8. The Balaban J connectivity index is 3.08. The van der Waals surface area contributed by atoms with Crippen molar-refractivity contribution in [2.45, 2.75) is 13.1 Å². The molecule has 0 spiro atoms. The summed E-state index contributed by atoms with van der Waals surface area (Å²) in [6, 6.07) is 9.76. The first kappa shape index (κ1) is 11.6. The fourth-order valence-corrected chi connectivity index (χ4v) is 6.59. The monoisotopic (exact) mass is 268 g/mol. The van der Waals surface area contributed by atoms with Gasteiger partial charge in [0.2, 0.25) is 0 Å². The van der Waals surface area contributed by atoms with E-state index in [1.807, 2.05) is 43.4 Å². The molecule has 13 heavy (non-hydrogen) atoms. The Morgan fingerprint density at radius 1 is 0.923 bits per heavy atom. The van der Waals surface area contributed by atoms with Crippen molar-refractivity contribution in [3.63, 3.8) is 0 Å². The second kappa shape index (κ2) is 3.95. The van der Waals surface area contributed by atoms with Gasteiger partial charge in [-0.05, 0) is 5.19 Å². The predicted octanol–water partition coefficient (Wildman–Crippen LogP) is 3.34. The Bertz CT molecular complexity index is 279. The summed E-state index contributed by atoms with van der Waals surface area (Å²) in [7, 11) is 0. The first-order chi connectivity index (χ1) is 5.86. The highest BCUT2D eigenvalue weighted by Crippen LogP contribution is 2.29. The second-order valence-corrected chi connectivity index (χ2v) is 23.8. The molecule has 1 aromatic carbocycles. The minimum absolute atomic E-state index is 1.02. The number of rotatable bonds is 2. The molecular weight excluding hydrogens is 259 g/mol. The van der Waals surface area contributed by atoms with E-state index in [1.165, 1.54) is 0 Å². The lowest BCUT2D eigenvalue weighted by molar-refractivity contribution is 1.77. The molecule has 0 atom stereocenters. The van der Waals surface area contributed by atoms with Crippen LogP contribution in [0.4, 0.5) is 0 Å². The van der Waals surface area contributed by atoms with Gasteiger partial charge in [0.25, 0.3) is 6.21 Å². The average molecular weight is 270 g/mol. The van der Waals surface area contributed by atoms with Crippen LogP contribution in [-0.2, 0) is 0 Å². The molecule has 0 aliphatic carbocycles. The summed E-state index contributed by atoms with van der Waals surface area (Å²) in [6.07, 6.45) is -2.43. The normalized spacial score (nSPS) is 13.0. The summed E-state index contributed by atoms with van der Waals surface area (Å²) in [5, 5.41) is 1.02. The van der Waals surface area contributed by atoms with Crippen LogP contribution in [0.5, 0.6) is 0 Å². The average Bonchev–Trinajstić information content (AvgIpc) is 2.04. The summed E-state index contributed by atoms with van der Waals surface area (Å²) < 4.78 is 0. The van der Waals surface area contributed by atoms with Crippen molar-refractivity contribution in [2.75, 3.05) is 0 Å². The molecule has 0 saturated heterocycles. The minimum Gasteiger partial charge on any atom is -0.168 e. The summed E-state index contributed by atoms with van der Waals surface area (Å²) >= 11 is 19.0. The largest absolute Gasteiger partial charge is 0.284 e. The van der Waals surface area contributed by atoms with Crippen LogP contribution in [0.15, 0.2) is 30.3 Å². The van der Waals surface area contributed by atoms with Gasteiger partial charge in [0.05, 0.1) is 0 Å². The Labute approximate surface area is 94.7 Å². The topological polar surface area (TPSA) is 0 Å². The highest BCUT2D eigenvalue weighted by atomic mass is 35.7. The Hall–Kier alpha value is 0.524. The van der Waals surface area contributed by atoms with Crippen molar-refractivity contribution in [2.24, 2.45) is 0 Å². The summed E-state index contributed by atoms with van der Waals surface area (Å²) in [5.74, 6) is 0. The molecule has 0 amide bonds. The van der Waals surface area contributed by atoms with Gasteiger partial charge in [0.1, 0.15) is 0 Å². The molecule has 0 saturated carbocycles. The van der Waals surface area contributed by atoms with E-state index >= 15 is 0 Å². The van der Waals surface area contributed by atoms with E-state index in [2.05, 4.69) is 0 Å². The molecule has 0 aromatic heterocycles. The Morgan fingerprint density at radius 2 is 1.38 bits per heavy atom. The molecule has 5 heteroatoms. The smallest absolute Gasteiger partial charge is 0.168 e. The zero-order valence-electron chi connectivity index (χ0n) is 7.52. The molecule has 0 N–H and O–H groups in total. The molecule has 0 unspecified atom stereocenters. The van der Waals surface area contributed by atoms with E-state index in [0.717, 1.165) is 5.19 Å². The number of hydrogen-bond donors (Lipinski definition) is 0. The highest BCUT2D eigenvalue weighted by Gasteiger charge is 2.48. The molecule has 0 aliphatic heterocycles. The lowest BCUT2D eigenvalue weighted by Crippen LogP contribution is -2.55. The second-order valence-electron chi connectivity index (χ2n) is 3.41. The molecule has 0 fully saturated rings. The third-order valence-corrected chi connectivity index (χ3v) is 23.9. The Morgan fingerprint density at radius 3 is 1.77 bits per heavy atom. The molecule has 72 valence electrons. The van der Waals surface area contributed by atoms with Crippen LogP contribution < -0.4 is 5.19 Å². The van der Waals surface area contributed by atoms with Gasteiger partial charge in [-0.25, -0.2) is 0 Å². The standard InChI is InChI=1S/C8H11Cl3Si2/c1-12(2,9)13(10,11)8-6-4-3-5-7-8/h3-7H,1-2H3. The molecule has 1 rings (SSSR count). The summed E-state index contributed by atoms with van der Waals surface area (Å²) in [4.78, 5) is 0. The Kier molecular flexibility index (Phi) is 3.52. The van der Waals surface area contributed by atoms with Gasteiger partial charge in [0, 0.05) is 0 Å². The third-order valence-electron chi connectivity index (χ3n) is 1.88. The van der Waals surface area contributed by atoms with E-state index in [9.17, 15) is 0 Å². The molecule has 0 radical (unpaired) electrons. The molecule has 1 aromatic rings. The molecule has 0 heterocycles. The number of halogens is 3. The first-order valence-electron chi connectivity index (χ1n) is 3.98. The quantitative estimate of drug-likeness (QED) is 0.571. The lowest BCUT2D eigenvalue weighted by Gasteiger charge is -2.26. The highest BCUT2D eigenvalue weighted by molar-refractivity contribution is 7.86. The summed E-state index contributed by atoms with van der Waals surface area (Å²) in [5.41, 5.74) is 0. The molecule has 0 bridgehead atoms. The SMILES string of the molecule is C[Si](C)(Cl)[Si](Cl)(Cl)c1ccccc1. The number of benzene rings is 1. The maximum Gasteiger partial charge on any atom is 0.284 e. The van der Waals surface area contributed by atoms with Gasteiger partial charge < -0.3 is 0 Å². The fourth-order valence-electron chi connectivity index (χ4n) is 0.991. The van der Waals surface area contributed by atoms with Gasteiger partial charge >= 0.3 is 0 Å². The van der Waals surface area contributed by atoms with E-state index in [4.69, 9.17) is 33.2 Å². The number of hydrogen-bond acceptors (Lipinski definition) is 0. The molecular formula is C8H11Cl3Si2. The van der Waals surface area contributed by atoms with Crippen molar-refractivity contribution >= 4 is 51.5 Å². The van der Waals surface area contributed by atoms with Crippen molar-refractivity contribution in [3.05, 3.63) is 30.3 Å². The lowest BCUT2D eigenvalue weighted by atomic mass is 10.4. The van der Waals surface area contributed by atoms with Crippen LogP contribution in [0.3, 0.4) is 0 Å². The minimum atomic E-state index is -2.43. The molecule has 0 aliphatic rings. The van der Waals surface area contributed by atoms with E-state index in [1.54, 1.807) is 0 Å². The maximum absolute atomic E-state index is 6.37. The van der Waals surface area contributed by atoms with Crippen LogP contribution in [0.1, 0.15) is 0 Å². The van der Waals surface area contributed by atoms with E-state index in [-0.39, 0.29) is 0 Å². The van der Waals surface area contributed by atoms with Crippen molar-refractivity contribution in [1.29, 1.82) is 0 Å². The van der Waals surface area contributed by atoms with Crippen molar-refractivity contribution in [3.8, 4) is 0 Å². The third kappa shape index (κ3) is 2.51. The van der Waals surface area contributed by atoms with Gasteiger partial charge in [-0.2, -0.15) is 11.1 Å². The predicted molar refractivity (Wildman–Crippen MR) is 66.9 cm³/mol. The van der Waals surface area contributed by atoms with E-state index in [0.29, 0.717) is 0 Å². The van der Waals surface area contributed by atoms with Crippen LogP contribution >= 0.6 is 33.2 Å². The van der Waals surface area contributed by atoms with Gasteiger partial charge in [-0.1, -0.05) is 43.4 Å². The van der Waals surface area contributed by atoms with Crippen molar-refractivity contribution < 1.29 is 0 Å². The van der Waals surface area contributed by atoms with Crippen LogP contribution in [0.2, 0.25) is 13.1 Å². The summed E-state index contributed by atoms with van der Waals surface area (Å²) in [6.45, 7) is 2.00. The van der Waals surface area contributed by atoms with Crippen molar-refractivity contribution in [1.82, 2.24) is 0 Å².